The predicted octanol–water partition coefficient (Wildman–Crippen LogP) is 5.51. The highest BCUT2D eigenvalue weighted by Crippen LogP contribution is 2.53. The van der Waals surface area contributed by atoms with Gasteiger partial charge in [-0.25, -0.2) is 4.90 Å². The number of hydrogen-bond acceptors (Lipinski definition) is 5. The molecule has 0 saturated carbocycles. The number of nitrogens with zero attached hydrogens (tertiary/aromatic N) is 2. The highest BCUT2D eigenvalue weighted by molar-refractivity contribution is 9.10. The lowest BCUT2D eigenvalue weighted by Gasteiger charge is -2.35. The zero-order chi connectivity index (χ0) is 25.1. The van der Waals surface area contributed by atoms with Crippen LogP contribution in [-0.2, 0) is 9.59 Å². The number of carbonyl (C=O) groups is 3. The molecule has 6 nitrogen and oxygen atoms in total. The Kier molecular flexibility index (Phi) is 5.50. The molecule has 0 spiro atoms. The van der Waals surface area contributed by atoms with Gasteiger partial charge in [0.25, 0.3) is 0 Å². The second kappa shape index (κ2) is 8.61. The fraction of sp³-hybridized carbons (Fsp3) is 0.179. The Labute approximate surface area is 221 Å². The van der Waals surface area contributed by atoms with Crippen molar-refractivity contribution >= 4 is 56.9 Å². The van der Waals surface area contributed by atoms with Crippen LogP contribution < -0.4 is 9.64 Å². The van der Waals surface area contributed by atoms with Crippen LogP contribution in [-0.4, -0.2) is 35.6 Å². The minimum absolute atomic E-state index is 0.223. The van der Waals surface area contributed by atoms with Gasteiger partial charge in [0.1, 0.15) is 11.8 Å². The van der Waals surface area contributed by atoms with Gasteiger partial charge in [0.05, 0.1) is 35.1 Å². The van der Waals surface area contributed by atoms with Crippen LogP contribution in [0.4, 0.5) is 5.69 Å². The van der Waals surface area contributed by atoms with Crippen molar-refractivity contribution < 1.29 is 19.1 Å². The molecule has 3 aromatic rings. The third-order valence-electron chi connectivity index (χ3n) is 7.25. The fourth-order valence-corrected chi connectivity index (χ4v) is 6.36. The van der Waals surface area contributed by atoms with Crippen molar-refractivity contribution in [2.75, 3.05) is 12.0 Å². The first kappa shape index (κ1) is 23.0. The molecule has 6 rings (SSSR count). The Balaban J connectivity index is 1.48. The van der Waals surface area contributed by atoms with Crippen molar-refractivity contribution in [1.29, 1.82) is 0 Å². The molecule has 2 amide bonds. The van der Waals surface area contributed by atoms with Crippen molar-refractivity contribution in [2.24, 2.45) is 11.8 Å². The molecule has 2 saturated heterocycles. The van der Waals surface area contributed by atoms with Crippen molar-refractivity contribution in [3.8, 4) is 5.75 Å². The van der Waals surface area contributed by atoms with E-state index >= 15 is 0 Å². The summed E-state index contributed by atoms with van der Waals surface area (Å²) in [5.41, 5.74) is 2.79. The zero-order valence-corrected chi connectivity index (χ0v) is 21.4. The van der Waals surface area contributed by atoms with Crippen molar-refractivity contribution in [2.45, 2.75) is 12.1 Å². The second-order valence-corrected chi connectivity index (χ2v) is 10.3. The number of carbonyl (C=O) groups excluding carboxylic acids is 3. The first-order valence-corrected chi connectivity index (χ1v) is 12.6. The van der Waals surface area contributed by atoms with Crippen LogP contribution in [0.1, 0.15) is 27.5 Å². The topological polar surface area (TPSA) is 66.9 Å². The summed E-state index contributed by atoms with van der Waals surface area (Å²) in [5.74, 6) is -1.84. The predicted molar refractivity (Wildman–Crippen MR) is 140 cm³/mol. The standard InChI is InChI=1S/C28H20BrClN2O4/c1-36-21-11-6-16(14-20(21)29)26(33)25-23-22(24-19-5-3-2-4-15(19)12-13-31(24)25)27(34)32(28(23)35)18-9-7-17(30)8-10-18/h2-14,22-25H,1H3/t22-,23+,24+,25-/m0/s1. The van der Waals surface area contributed by atoms with Crippen LogP contribution >= 0.6 is 27.5 Å². The van der Waals surface area contributed by atoms with Gasteiger partial charge in [0, 0.05) is 16.8 Å². The van der Waals surface area contributed by atoms with Gasteiger partial charge in [0.2, 0.25) is 11.8 Å². The SMILES string of the molecule is COc1ccc(C(=O)[C@@H]2[C@@H]3C(=O)N(c4ccc(Cl)cc4)C(=O)[C@@H]3[C@H]3c4ccccc4C=CN23)cc1Br. The lowest BCUT2D eigenvalue weighted by molar-refractivity contribution is -0.123. The average Bonchev–Trinajstić information content (AvgIpc) is 3.36. The van der Waals surface area contributed by atoms with E-state index in [-0.39, 0.29) is 17.6 Å². The molecule has 0 aliphatic carbocycles. The summed E-state index contributed by atoms with van der Waals surface area (Å²) < 4.78 is 5.94. The number of ether oxygens (including phenoxy) is 1. The molecule has 3 aliphatic rings. The van der Waals surface area contributed by atoms with Gasteiger partial charge in [-0.05, 0) is 75.6 Å². The van der Waals surface area contributed by atoms with E-state index in [1.807, 2.05) is 41.4 Å². The third-order valence-corrected chi connectivity index (χ3v) is 8.12. The molecule has 3 aliphatic heterocycles. The molecule has 3 aromatic carbocycles. The maximum atomic E-state index is 14.0. The number of anilines is 1. The highest BCUT2D eigenvalue weighted by atomic mass is 79.9. The Morgan fingerprint density at radius 1 is 0.972 bits per heavy atom. The Morgan fingerprint density at radius 3 is 2.42 bits per heavy atom. The molecule has 36 heavy (non-hydrogen) atoms. The summed E-state index contributed by atoms with van der Waals surface area (Å²) in [6.45, 7) is 0. The minimum atomic E-state index is -0.835. The van der Waals surface area contributed by atoms with Gasteiger partial charge in [-0.15, -0.1) is 0 Å². The molecule has 3 heterocycles. The monoisotopic (exact) mass is 562 g/mol. The zero-order valence-electron chi connectivity index (χ0n) is 19.1. The number of methoxy groups -OCH3 is 1. The summed E-state index contributed by atoms with van der Waals surface area (Å²) in [6, 6.07) is 18.2. The van der Waals surface area contributed by atoms with Crippen LogP contribution in [0.2, 0.25) is 5.02 Å². The number of imide groups is 1. The molecule has 180 valence electrons. The molecule has 2 fully saturated rings. The molecule has 0 N–H and O–H groups in total. The number of Topliss-reactive ketones (excluding diaryl/α,β-unsaturated/α-hetero) is 1. The smallest absolute Gasteiger partial charge is 0.240 e. The Morgan fingerprint density at radius 2 is 1.69 bits per heavy atom. The van der Waals surface area contributed by atoms with Gasteiger partial charge in [-0.3, -0.25) is 14.4 Å². The maximum Gasteiger partial charge on any atom is 0.240 e. The van der Waals surface area contributed by atoms with E-state index in [2.05, 4.69) is 15.9 Å². The van der Waals surface area contributed by atoms with Crippen LogP contribution in [0, 0.1) is 11.8 Å². The summed E-state index contributed by atoms with van der Waals surface area (Å²) in [7, 11) is 1.55. The van der Waals surface area contributed by atoms with E-state index in [0.717, 1.165) is 11.1 Å². The molecule has 0 radical (unpaired) electrons. The first-order chi connectivity index (χ1) is 17.4. The van der Waals surface area contributed by atoms with E-state index in [9.17, 15) is 14.4 Å². The summed E-state index contributed by atoms with van der Waals surface area (Å²) in [4.78, 5) is 44.9. The number of halogens is 2. The molecule has 0 bridgehead atoms. The third kappa shape index (κ3) is 3.33. The van der Waals surface area contributed by atoms with Crippen molar-refractivity contribution in [3.05, 3.63) is 99.1 Å². The number of hydrogen-bond donors (Lipinski definition) is 0. The molecule has 4 atom stereocenters. The van der Waals surface area contributed by atoms with Crippen LogP contribution in [0.25, 0.3) is 6.08 Å². The van der Waals surface area contributed by atoms with Crippen LogP contribution in [0.5, 0.6) is 5.75 Å². The normalized spacial score (nSPS) is 24.0. The molecular weight excluding hydrogens is 544 g/mol. The van der Waals surface area contributed by atoms with Gasteiger partial charge in [0.15, 0.2) is 5.78 Å². The lowest BCUT2D eigenvalue weighted by Crippen LogP contribution is -2.44. The highest BCUT2D eigenvalue weighted by Gasteiger charge is 2.64. The quantitative estimate of drug-likeness (QED) is 0.309. The second-order valence-electron chi connectivity index (χ2n) is 9.03. The Hall–Kier alpha value is -3.42. The van der Waals surface area contributed by atoms with Gasteiger partial charge in [-0.1, -0.05) is 35.9 Å². The van der Waals surface area contributed by atoms with Gasteiger partial charge < -0.3 is 9.64 Å². The number of fused-ring (bicyclic) bond motifs is 5. The fourth-order valence-electron chi connectivity index (χ4n) is 5.69. The van der Waals surface area contributed by atoms with E-state index in [0.29, 0.717) is 26.5 Å². The number of benzene rings is 3. The molecule has 0 aromatic heterocycles. The lowest BCUT2D eigenvalue weighted by atomic mass is 9.83. The molecular formula is C28H20BrClN2O4. The number of rotatable bonds is 4. The number of amides is 2. The van der Waals surface area contributed by atoms with E-state index in [1.165, 1.54) is 4.90 Å². The van der Waals surface area contributed by atoms with Crippen molar-refractivity contribution in [3.63, 3.8) is 0 Å². The largest absolute Gasteiger partial charge is 0.496 e. The molecule has 8 heteroatoms. The van der Waals surface area contributed by atoms with Crippen LogP contribution in [0.3, 0.4) is 0 Å². The summed E-state index contributed by atoms with van der Waals surface area (Å²) >= 11 is 9.49. The maximum absolute atomic E-state index is 14.0. The van der Waals surface area contributed by atoms with E-state index in [1.54, 1.807) is 49.6 Å². The Bertz CT molecular complexity index is 1450. The number of ketones is 1. The molecule has 0 unspecified atom stereocenters. The summed E-state index contributed by atoms with van der Waals surface area (Å²) in [5, 5.41) is 0.508. The average molecular weight is 564 g/mol. The minimum Gasteiger partial charge on any atom is -0.496 e. The van der Waals surface area contributed by atoms with Gasteiger partial charge >= 0.3 is 0 Å². The van der Waals surface area contributed by atoms with Crippen LogP contribution in [0.15, 0.2) is 77.4 Å². The first-order valence-electron chi connectivity index (χ1n) is 11.5. The van der Waals surface area contributed by atoms with E-state index < -0.39 is 23.9 Å². The van der Waals surface area contributed by atoms with Gasteiger partial charge in [-0.2, -0.15) is 0 Å². The summed E-state index contributed by atoms with van der Waals surface area (Å²) in [6.07, 6.45) is 3.78. The van der Waals surface area contributed by atoms with Crippen molar-refractivity contribution in [1.82, 2.24) is 4.90 Å². The van der Waals surface area contributed by atoms with E-state index in [4.69, 9.17) is 16.3 Å².